The summed E-state index contributed by atoms with van der Waals surface area (Å²) in [4.78, 5) is 10.6. The van der Waals surface area contributed by atoms with Gasteiger partial charge in [-0.1, -0.05) is 42.5 Å². The van der Waals surface area contributed by atoms with Crippen molar-refractivity contribution in [2.24, 2.45) is 5.73 Å². The molecule has 0 saturated carbocycles. The Balaban J connectivity index is 1.93. The smallest absolute Gasteiger partial charge is 0.320 e. The zero-order chi connectivity index (χ0) is 13.7. The molecule has 19 heavy (non-hydrogen) atoms. The van der Waals surface area contributed by atoms with Crippen molar-refractivity contribution in [1.29, 1.82) is 0 Å². The van der Waals surface area contributed by atoms with Gasteiger partial charge in [0.1, 0.15) is 6.04 Å². The van der Waals surface area contributed by atoms with Crippen molar-refractivity contribution in [2.45, 2.75) is 18.2 Å². The molecule has 0 aliphatic heterocycles. The Bertz CT molecular complexity index is 566. The van der Waals surface area contributed by atoms with E-state index < -0.39 is 12.0 Å². The minimum absolute atomic E-state index is 0.505. The quantitative estimate of drug-likeness (QED) is 0.796. The topological polar surface area (TPSA) is 63.3 Å². The summed E-state index contributed by atoms with van der Waals surface area (Å²) in [7, 11) is 0. The van der Waals surface area contributed by atoms with Gasteiger partial charge in [-0.3, -0.25) is 4.79 Å². The first-order valence-corrected chi connectivity index (χ1v) is 7.36. The van der Waals surface area contributed by atoms with Crippen LogP contribution in [-0.4, -0.2) is 22.9 Å². The fraction of sp³-hybridized carbons (Fsp3) is 0.267. The molecule has 0 saturated heterocycles. The van der Waals surface area contributed by atoms with Gasteiger partial charge in [-0.2, -0.15) is 11.8 Å². The van der Waals surface area contributed by atoms with Crippen LogP contribution in [0.2, 0.25) is 0 Å². The summed E-state index contributed by atoms with van der Waals surface area (Å²) in [6.45, 7) is 0. The highest BCUT2D eigenvalue weighted by Crippen LogP contribution is 2.23. The summed E-state index contributed by atoms with van der Waals surface area (Å²) in [6.07, 6.45) is 0.505. The van der Waals surface area contributed by atoms with Crippen molar-refractivity contribution in [2.75, 3.05) is 5.75 Å². The fourth-order valence-corrected chi connectivity index (χ4v) is 2.97. The Morgan fingerprint density at radius 1 is 1.21 bits per heavy atom. The van der Waals surface area contributed by atoms with Crippen LogP contribution in [0.5, 0.6) is 0 Å². The monoisotopic (exact) mass is 275 g/mol. The van der Waals surface area contributed by atoms with E-state index >= 15 is 0 Å². The van der Waals surface area contributed by atoms with Crippen molar-refractivity contribution >= 4 is 28.5 Å². The first-order chi connectivity index (χ1) is 9.18. The molecular weight excluding hydrogens is 258 g/mol. The molecule has 0 spiro atoms. The van der Waals surface area contributed by atoms with E-state index in [4.69, 9.17) is 10.8 Å². The number of hydrogen-bond acceptors (Lipinski definition) is 3. The van der Waals surface area contributed by atoms with Crippen molar-refractivity contribution in [3.05, 3.63) is 48.0 Å². The van der Waals surface area contributed by atoms with Gasteiger partial charge >= 0.3 is 5.97 Å². The molecule has 0 bridgehead atoms. The van der Waals surface area contributed by atoms with E-state index in [2.05, 4.69) is 30.3 Å². The van der Waals surface area contributed by atoms with Crippen molar-refractivity contribution in [1.82, 2.24) is 0 Å². The minimum atomic E-state index is -0.925. The summed E-state index contributed by atoms with van der Waals surface area (Å²) in [5.41, 5.74) is 6.76. The molecule has 0 radical (unpaired) electrons. The van der Waals surface area contributed by atoms with Gasteiger partial charge < -0.3 is 10.8 Å². The van der Waals surface area contributed by atoms with E-state index in [9.17, 15) is 4.79 Å². The van der Waals surface area contributed by atoms with Gasteiger partial charge in [-0.15, -0.1) is 0 Å². The first-order valence-electron chi connectivity index (χ1n) is 6.21. The second kappa shape index (κ2) is 6.59. The van der Waals surface area contributed by atoms with Gasteiger partial charge in [0.25, 0.3) is 0 Å². The van der Waals surface area contributed by atoms with Crippen molar-refractivity contribution < 1.29 is 9.90 Å². The molecule has 0 amide bonds. The number of aliphatic carboxylic acids is 1. The van der Waals surface area contributed by atoms with Crippen LogP contribution in [0, 0.1) is 0 Å². The maximum atomic E-state index is 10.6. The predicted molar refractivity (Wildman–Crippen MR) is 80.3 cm³/mol. The lowest BCUT2D eigenvalue weighted by atomic mass is 10.1. The molecule has 2 aromatic rings. The lowest BCUT2D eigenvalue weighted by molar-refractivity contribution is -0.138. The molecule has 0 fully saturated rings. The number of benzene rings is 2. The van der Waals surface area contributed by atoms with Gasteiger partial charge in [0.15, 0.2) is 0 Å². The normalized spacial score (nSPS) is 12.5. The summed E-state index contributed by atoms with van der Waals surface area (Å²) >= 11 is 1.72. The third-order valence-electron chi connectivity index (χ3n) is 3.03. The van der Waals surface area contributed by atoms with E-state index in [1.807, 2.05) is 12.1 Å². The third-order valence-corrected chi connectivity index (χ3v) is 4.07. The SMILES string of the molecule is NC(CCSCc1cccc2ccccc12)C(=O)O. The number of hydrogen-bond donors (Lipinski definition) is 2. The number of fused-ring (bicyclic) bond motifs is 1. The van der Waals surface area contributed by atoms with Crippen LogP contribution >= 0.6 is 11.8 Å². The molecule has 0 heterocycles. The Labute approximate surface area is 116 Å². The number of rotatable bonds is 6. The standard InChI is InChI=1S/C15H17NO2S/c16-14(15(17)18)8-9-19-10-12-6-3-5-11-4-1-2-7-13(11)12/h1-7,14H,8-10,16H2,(H,17,18). The second-order valence-electron chi connectivity index (χ2n) is 4.42. The molecule has 100 valence electrons. The molecule has 0 aromatic heterocycles. The van der Waals surface area contributed by atoms with Gasteiger partial charge in [0.2, 0.25) is 0 Å². The highest BCUT2D eigenvalue weighted by Gasteiger charge is 2.10. The molecule has 2 rings (SSSR count). The molecule has 3 N–H and O–H groups in total. The highest BCUT2D eigenvalue weighted by atomic mass is 32.2. The number of nitrogens with two attached hydrogens (primary N) is 1. The molecular formula is C15H17NO2S. The van der Waals surface area contributed by atoms with Crippen LogP contribution in [0.1, 0.15) is 12.0 Å². The van der Waals surface area contributed by atoms with Gasteiger partial charge in [0, 0.05) is 5.75 Å². The van der Waals surface area contributed by atoms with Crippen molar-refractivity contribution in [3.8, 4) is 0 Å². The van der Waals surface area contributed by atoms with Crippen LogP contribution in [0.4, 0.5) is 0 Å². The van der Waals surface area contributed by atoms with E-state index in [0.717, 1.165) is 11.5 Å². The summed E-state index contributed by atoms with van der Waals surface area (Å²) in [5, 5.41) is 11.2. The van der Waals surface area contributed by atoms with Gasteiger partial charge in [-0.05, 0) is 28.5 Å². The van der Waals surface area contributed by atoms with Crippen LogP contribution in [0.15, 0.2) is 42.5 Å². The van der Waals surface area contributed by atoms with Crippen LogP contribution in [0.25, 0.3) is 10.8 Å². The lowest BCUT2D eigenvalue weighted by Crippen LogP contribution is -2.30. The third kappa shape index (κ3) is 3.72. The fourth-order valence-electron chi connectivity index (χ4n) is 1.93. The molecule has 1 atom stereocenters. The minimum Gasteiger partial charge on any atom is -0.480 e. The number of carboxylic acid groups (broad SMARTS) is 1. The Morgan fingerprint density at radius 2 is 1.95 bits per heavy atom. The Kier molecular flexibility index (Phi) is 4.82. The van der Waals surface area contributed by atoms with E-state index in [1.54, 1.807) is 11.8 Å². The maximum Gasteiger partial charge on any atom is 0.320 e. The average molecular weight is 275 g/mol. The van der Waals surface area contributed by atoms with Crippen molar-refractivity contribution in [3.63, 3.8) is 0 Å². The Morgan fingerprint density at radius 3 is 2.74 bits per heavy atom. The zero-order valence-electron chi connectivity index (χ0n) is 10.6. The number of carboxylic acids is 1. The Hall–Kier alpha value is -1.52. The molecule has 1 unspecified atom stereocenters. The van der Waals surface area contributed by atoms with Gasteiger partial charge in [-0.25, -0.2) is 0 Å². The molecule has 2 aromatic carbocycles. The first kappa shape index (κ1) is 13.9. The van der Waals surface area contributed by atoms with Crippen LogP contribution in [0.3, 0.4) is 0 Å². The molecule has 4 heteroatoms. The number of thioether (sulfide) groups is 1. The summed E-state index contributed by atoms with van der Waals surface area (Å²) in [5.74, 6) is 0.718. The average Bonchev–Trinajstić information content (AvgIpc) is 2.43. The van der Waals surface area contributed by atoms with E-state index in [0.29, 0.717) is 6.42 Å². The van der Waals surface area contributed by atoms with Crippen LogP contribution < -0.4 is 5.73 Å². The van der Waals surface area contributed by atoms with Crippen LogP contribution in [-0.2, 0) is 10.5 Å². The van der Waals surface area contributed by atoms with Gasteiger partial charge in [0.05, 0.1) is 0 Å². The lowest BCUT2D eigenvalue weighted by Gasteiger charge is -2.08. The predicted octanol–water partition coefficient (Wildman–Crippen LogP) is 2.88. The number of carbonyl (C=O) groups is 1. The summed E-state index contributed by atoms with van der Waals surface area (Å²) in [6, 6.07) is 13.8. The zero-order valence-corrected chi connectivity index (χ0v) is 11.4. The molecule has 0 aliphatic rings. The van der Waals surface area contributed by atoms with E-state index in [-0.39, 0.29) is 0 Å². The van der Waals surface area contributed by atoms with E-state index in [1.165, 1.54) is 16.3 Å². The molecule has 0 aliphatic carbocycles. The highest BCUT2D eigenvalue weighted by molar-refractivity contribution is 7.98. The largest absolute Gasteiger partial charge is 0.480 e. The second-order valence-corrected chi connectivity index (χ2v) is 5.53. The molecule has 3 nitrogen and oxygen atoms in total. The summed E-state index contributed by atoms with van der Waals surface area (Å²) < 4.78 is 0. The maximum absolute atomic E-state index is 10.6.